The highest BCUT2D eigenvalue weighted by molar-refractivity contribution is 14.1. The van der Waals surface area contributed by atoms with E-state index in [0.29, 0.717) is 0 Å². The summed E-state index contributed by atoms with van der Waals surface area (Å²) >= 11 is 4.45. The highest BCUT2D eigenvalue weighted by atomic mass is 127. The summed E-state index contributed by atoms with van der Waals surface area (Å²) in [6, 6.07) is 1.15. The fourth-order valence-electron chi connectivity index (χ4n) is 0.783. The summed E-state index contributed by atoms with van der Waals surface area (Å²) in [5.74, 6) is -1.21. The molecule has 1 N–H and O–H groups in total. The number of carbonyl (C=O) groups is 1. The van der Waals surface area contributed by atoms with Gasteiger partial charge in [-0.1, -0.05) is 0 Å². The van der Waals surface area contributed by atoms with Crippen LogP contribution in [0.4, 0.5) is 8.78 Å². The molecule has 0 unspecified atom stereocenters. The van der Waals surface area contributed by atoms with Crippen LogP contribution in [0.5, 0.6) is 0 Å². The van der Waals surface area contributed by atoms with Gasteiger partial charge in [-0.3, -0.25) is 0 Å². The molecule has 1 rings (SSSR count). The molecule has 1 aromatic heterocycles. The lowest BCUT2D eigenvalue weighted by atomic mass is 10.2. The predicted molar refractivity (Wildman–Crippen MR) is 56.6 cm³/mol. The number of nitrogens with zero attached hydrogens (tertiary/aromatic N) is 1. The van der Waals surface area contributed by atoms with E-state index in [2.05, 4.69) is 20.9 Å². The maximum atomic E-state index is 12.3. The van der Waals surface area contributed by atoms with Crippen LogP contribution in [-0.2, 0) is 0 Å². The van der Waals surface area contributed by atoms with Gasteiger partial charge in [0.05, 0.1) is 5.56 Å². The molecule has 7 heteroatoms. The number of alkyl halides is 2. The monoisotopic (exact) mass is 377 g/mol. The predicted octanol–water partition coefficient (Wildman–Crippen LogP) is 3.08. The van der Waals surface area contributed by atoms with E-state index in [1.54, 1.807) is 22.6 Å². The summed E-state index contributed by atoms with van der Waals surface area (Å²) in [4.78, 5) is 14.1. The molecule has 0 spiro atoms. The minimum absolute atomic E-state index is 0.0827. The van der Waals surface area contributed by atoms with E-state index >= 15 is 0 Å². The molecule has 0 radical (unpaired) electrons. The van der Waals surface area contributed by atoms with Crippen LogP contribution in [0.3, 0.4) is 0 Å². The Morgan fingerprint density at radius 2 is 2.21 bits per heavy atom. The Hall–Kier alpha value is -0.310. The zero-order valence-electron chi connectivity index (χ0n) is 6.47. The van der Waals surface area contributed by atoms with Crippen molar-refractivity contribution in [2.24, 2.45) is 0 Å². The average molecular weight is 378 g/mol. The summed E-state index contributed by atoms with van der Waals surface area (Å²) in [6.07, 6.45) is -2.71. The molecular weight excluding hydrogens is 375 g/mol. The molecule has 0 aliphatic rings. The SMILES string of the molecule is O=C(O)c1cc(I)c(C(F)F)nc1Br. The fraction of sp³-hybridized carbons (Fsp3) is 0.143. The molecule has 0 aromatic carbocycles. The summed E-state index contributed by atoms with van der Waals surface area (Å²) in [7, 11) is 0. The average Bonchev–Trinajstić information content (AvgIpc) is 2.07. The molecule has 0 fully saturated rings. The van der Waals surface area contributed by atoms with E-state index in [0.717, 1.165) is 6.07 Å². The first-order valence-corrected chi connectivity index (χ1v) is 5.18. The normalized spacial score (nSPS) is 10.6. The standard InChI is InChI=1S/C7H3BrF2INO2/c8-5-2(7(13)14)1-3(11)4(12-5)6(9)10/h1,6H,(H,13,14). The second-order valence-electron chi connectivity index (χ2n) is 2.30. The Morgan fingerprint density at radius 3 is 2.64 bits per heavy atom. The molecule has 0 atom stereocenters. The molecule has 0 aliphatic heterocycles. The molecule has 0 amide bonds. The van der Waals surface area contributed by atoms with Crippen molar-refractivity contribution in [2.75, 3.05) is 0 Å². The van der Waals surface area contributed by atoms with Crippen molar-refractivity contribution in [3.8, 4) is 0 Å². The van der Waals surface area contributed by atoms with Crippen LogP contribution in [-0.4, -0.2) is 16.1 Å². The van der Waals surface area contributed by atoms with Gasteiger partial charge in [0, 0.05) is 3.57 Å². The van der Waals surface area contributed by atoms with Crippen LogP contribution >= 0.6 is 38.5 Å². The van der Waals surface area contributed by atoms with Gasteiger partial charge in [0.15, 0.2) is 0 Å². The first kappa shape index (κ1) is 11.8. The second kappa shape index (κ2) is 4.47. The molecule has 76 valence electrons. The third-order valence-electron chi connectivity index (χ3n) is 1.39. The maximum Gasteiger partial charge on any atom is 0.338 e. The van der Waals surface area contributed by atoms with Gasteiger partial charge in [0.1, 0.15) is 10.3 Å². The number of hydrogen-bond donors (Lipinski definition) is 1. The van der Waals surface area contributed by atoms with Crippen LogP contribution in [0, 0.1) is 3.57 Å². The number of pyridine rings is 1. The lowest BCUT2D eigenvalue weighted by Crippen LogP contribution is -2.04. The number of carboxylic acid groups (broad SMARTS) is 1. The molecule has 0 bridgehead atoms. The lowest BCUT2D eigenvalue weighted by molar-refractivity contribution is 0.0694. The molecule has 3 nitrogen and oxygen atoms in total. The Labute approximate surface area is 99.8 Å². The van der Waals surface area contributed by atoms with Gasteiger partial charge in [-0.05, 0) is 44.6 Å². The Bertz CT molecular complexity index is 386. The third kappa shape index (κ3) is 2.38. The van der Waals surface area contributed by atoms with Crippen LogP contribution in [0.25, 0.3) is 0 Å². The van der Waals surface area contributed by atoms with E-state index in [4.69, 9.17) is 5.11 Å². The van der Waals surface area contributed by atoms with Crippen molar-refractivity contribution in [1.29, 1.82) is 0 Å². The zero-order valence-corrected chi connectivity index (χ0v) is 10.2. The number of aromatic carboxylic acids is 1. The van der Waals surface area contributed by atoms with E-state index in [-0.39, 0.29) is 13.7 Å². The van der Waals surface area contributed by atoms with Crippen LogP contribution in [0.15, 0.2) is 10.7 Å². The quantitative estimate of drug-likeness (QED) is 0.636. The number of halogens is 4. The molecule has 1 heterocycles. The van der Waals surface area contributed by atoms with Gasteiger partial charge in [-0.25, -0.2) is 18.6 Å². The van der Waals surface area contributed by atoms with Crippen molar-refractivity contribution in [1.82, 2.24) is 4.98 Å². The van der Waals surface area contributed by atoms with E-state index < -0.39 is 18.1 Å². The highest BCUT2D eigenvalue weighted by Crippen LogP contribution is 2.26. The fourth-order valence-corrected chi connectivity index (χ4v) is 1.93. The third-order valence-corrected chi connectivity index (χ3v) is 2.86. The van der Waals surface area contributed by atoms with Gasteiger partial charge in [-0.2, -0.15) is 0 Å². The topological polar surface area (TPSA) is 50.2 Å². The Balaban J connectivity index is 3.31. The minimum atomic E-state index is -2.71. The van der Waals surface area contributed by atoms with E-state index in [1.807, 2.05) is 0 Å². The lowest BCUT2D eigenvalue weighted by Gasteiger charge is -2.05. The summed E-state index contributed by atoms with van der Waals surface area (Å²) < 4.78 is 24.7. The molecule has 14 heavy (non-hydrogen) atoms. The molecule has 0 aliphatic carbocycles. The van der Waals surface area contributed by atoms with E-state index in [1.165, 1.54) is 0 Å². The Kier molecular flexibility index (Phi) is 3.76. The van der Waals surface area contributed by atoms with Crippen LogP contribution in [0.1, 0.15) is 22.5 Å². The van der Waals surface area contributed by atoms with E-state index in [9.17, 15) is 13.6 Å². The molecular formula is C7H3BrF2INO2. The number of rotatable bonds is 2. The Morgan fingerprint density at radius 1 is 1.64 bits per heavy atom. The van der Waals surface area contributed by atoms with Crippen molar-refractivity contribution in [3.05, 3.63) is 25.5 Å². The van der Waals surface area contributed by atoms with Gasteiger partial charge in [0.2, 0.25) is 0 Å². The van der Waals surface area contributed by atoms with Crippen molar-refractivity contribution in [2.45, 2.75) is 6.43 Å². The number of aromatic nitrogens is 1. The van der Waals surface area contributed by atoms with Crippen molar-refractivity contribution < 1.29 is 18.7 Å². The van der Waals surface area contributed by atoms with Crippen LogP contribution in [0.2, 0.25) is 0 Å². The second-order valence-corrected chi connectivity index (χ2v) is 4.21. The van der Waals surface area contributed by atoms with Gasteiger partial charge >= 0.3 is 5.97 Å². The summed E-state index contributed by atoms with van der Waals surface area (Å²) in [5.41, 5.74) is -0.540. The van der Waals surface area contributed by atoms with Crippen molar-refractivity contribution in [3.63, 3.8) is 0 Å². The summed E-state index contributed by atoms with van der Waals surface area (Å²) in [6.45, 7) is 0. The maximum absolute atomic E-state index is 12.3. The van der Waals surface area contributed by atoms with Gasteiger partial charge in [0.25, 0.3) is 6.43 Å². The van der Waals surface area contributed by atoms with Gasteiger partial charge < -0.3 is 5.11 Å². The smallest absolute Gasteiger partial charge is 0.338 e. The number of carboxylic acids is 1. The molecule has 0 saturated heterocycles. The van der Waals surface area contributed by atoms with Crippen LogP contribution < -0.4 is 0 Å². The molecule has 0 saturated carbocycles. The van der Waals surface area contributed by atoms with Gasteiger partial charge in [-0.15, -0.1) is 0 Å². The minimum Gasteiger partial charge on any atom is -0.478 e. The first-order chi connectivity index (χ1) is 6.43. The largest absolute Gasteiger partial charge is 0.478 e. The molecule has 1 aromatic rings. The summed E-state index contributed by atoms with van der Waals surface area (Å²) in [5, 5.41) is 8.66. The number of hydrogen-bond acceptors (Lipinski definition) is 2. The first-order valence-electron chi connectivity index (χ1n) is 3.31. The van der Waals surface area contributed by atoms with Crippen molar-refractivity contribution >= 4 is 44.5 Å². The zero-order chi connectivity index (χ0) is 10.9. The highest BCUT2D eigenvalue weighted by Gasteiger charge is 2.19.